The number of fused-ring (bicyclic) bond motifs is 2. The van der Waals surface area contributed by atoms with Gasteiger partial charge >= 0.3 is 12.1 Å². The Kier molecular flexibility index (Phi) is 11.3. The Balaban J connectivity index is 1.62. The van der Waals surface area contributed by atoms with Gasteiger partial charge in [-0.25, -0.2) is 13.8 Å². The summed E-state index contributed by atoms with van der Waals surface area (Å²) in [5.74, 6) is -1.74. The molecule has 0 radical (unpaired) electrons. The molecular formula is C31H42BrN3O8S. The van der Waals surface area contributed by atoms with E-state index in [4.69, 9.17) is 13.7 Å². The van der Waals surface area contributed by atoms with Crippen molar-refractivity contribution in [1.29, 1.82) is 0 Å². The van der Waals surface area contributed by atoms with Gasteiger partial charge in [0.15, 0.2) is 11.1 Å². The first-order chi connectivity index (χ1) is 20.8. The van der Waals surface area contributed by atoms with Crippen molar-refractivity contribution in [1.82, 2.24) is 15.5 Å². The third kappa shape index (κ3) is 8.69. The summed E-state index contributed by atoms with van der Waals surface area (Å²) >= 11 is 1.50. The maximum atomic E-state index is 14.1. The van der Waals surface area contributed by atoms with Gasteiger partial charge in [-0.1, -0.05) is 40.9 Å². The minimum Gasteiger partial charge on any atom is -0.464 e. The van der Waals surface area contributed by atoms with E-state index in [-0.39, 0.29) is 25.5 Å². The van der Waals surface area contributed by atoms with Crippen molar-refractivity contribution in [3.63, 3.8) is 0 Å². The van der Waals surface area contributed by atoms with Gasteiger partial charge in [0.25, 0.3) is 0 Å². The molecular weight excluding hydrogens is 654 g/mol. The number of rotatable bonds is 6. The highest BCUT2D eigenvalue weighted by atomic mass is 79.9. The van der Waals surface area contributed by atoms with Crippen molar-refractivity contribution in [2.75, 3.05) is 13.2 Å². The van der Waals surface area contributed by atoms with Gasteiger partial charge in [0, 0.05) is 23.4 Å². The van der Waals surface area contributed by atoms with E-state index in [0.29, 0.717) is 24.2 Å². The van der Waals surface area contributed by atoms with Crippen LogP contribution in [-0.4, -0.2) is 75.5 Å². The molecule has 2 aliphatic heterocycles. The summed E-state index contributed by atoms with van der Waals surface area (Å²) in [4.78, 5) is 55.6. The molecule has 6 atom stereocenters. The largest absolute Gasteiger partial charge is 0.464 e. The van der Waals surface area contributed by atoms with E-state index in [1.54, 1.807) is 52.0 Å². The van der Waals surface area contributed by atoms with E-state index in [1.807, 2.05) is 12.2 Å². The SMILES string of the molecule is CCOC(=O)C12CC1C=CCCCCCC(NC(=O)OC(C)(C)C)C(=O)N1CC(OS(=O)c3ccc(Br)cc3)CC1C(=O)N2. The van der Waals surface area contributed by atoms with Crippen LogP contribution in [-0.2, 0) is 39.1 Å². The molecule has 1 aromatic carbocycles. The van der Waals surface area contributed by atoms with E-state index >= 15 is 0 Å². The number of nitrogens with one attached hydrogen (secondary N) is 2. The van der Waals surface area contributed by atoms with Crippen LogP contribution in [0.2, 0.25) is 0 Å². The molecule has 1 saturated heterocycles. The normalized spacial score (nSPS) is 28.4. The fourth-order valence-electron chi connectivity index (χ4n) is 5.55. The molecule has 0 bridgehead atoms. The number of allylic oxidation sites excluding steroid dienone is 1. The number of nitrogens with zero attached hydrogens (tertiary/aromatic N) is 1. The topological polar surface area (TPSA) is 140 Å². The van der Waals surface area contributed by atoms with E-state index in [2.05, 4.69) is 26.6 Å². The molecule has 1 saturated carbocycles. The number of esters is 1. The highest BCUT2D eigenvalue weighted by Gasteiger charge is 2.62. The second kappa shape index (κ2) is 14.6. The Bertz CT molecular complexity index is 1280. The molecule has 0 spiro atoms. The number of benzene rings is 1. The zero-order valence-electron chi connectivity index (χ0n) is 25.6. The number of alkyl carbamates (subject to hydrolysis) is 1. The summed E-state index contributed by atoms with van der Waals surface area (Å²) < 4.78 is 30.5. The zero-order valence-corrected chi connectivity index (χ0v) is 28.0. The second-order valence-electron chi connectivity index (χ2n) is 12.4. The number of carbonyl (C=O) groups is 4. The van der Waals surface area contributed by atoms with E-state index in [0.717, 1.165) is 23.7 Å². The van der Waals surface area contributed by atoms with Crippen LogP contribution in [0.4, 0.5) is 4.79 Å². The molecule has 44 heavy (non-hydrogen) atoms. The first kappa shape index (κ1) is 34.1. The van der Waals surface area contributed by atoms with E-state index in [9.17, 15) is 23.4 Å². The predicted octanol–water partition coefficient (Wildman–Crippen LogP) is 4.31. The lowest BCUT2D eigenvalue weighted by molar-refractivity contribution is -0.150. The van der Waals surface area contributed by atoms with Crippen molar-refractivity contribution in [3.05, 3.63) is 40.9 Å². The van der Waals surface area contributed by atoms with E-state index < -0.39 is 64.3 Å². The monoisotopic (exact) mass is 695 g/mol. The molecule has 6 unspecified atom stereocenters. The zero-order chi connectivity index (χ0) is 32.1. The minimum absolute atomic E-state index is 0.0264. The van der Waals surface area contributed by atoms with Crippen LogP contribution in [0.15, 0.2) is 45.8 Å². The van der Waals surface area contributed by atoms with Crippen molar-refractivity contribution in [2.45, 2.75) is 107 Å². The quantitative estimate of drug-likeness (QED) is 0.332. The van der Waals surface area contributed by atoms with Gasteiger partial charge in [0.1, 0.15) is 23.2 Å². The summed E-state index contributed by atoms with van der Waals surface area (Å²) in [6.07, 6.45) is 6.41. The number of hydrogen-bond donors (Lipinski definition) is 2. The minimum atomic E-state index is -1.85. The molecule has 4 rings (SSSR count). The molecule has 0 aromatic heterocycles. The van der Waals surface area contributed by atoms with Crippen LogP contribution in [0.5, 0.6) is 0 Å². The third-order valence-electron chi connectivity index (χ3n) is 7.80. The fourth-order valence-corrected chi connectivity index (χ4v) is 6.67. The van der Waals surface area contributed by atoms with Gasteiger partial charge in [0.2, 0.25) is 11.8 Å². The molecule has 11 nitrogen and oxygen atoms in total. The average molecular weight is 697 g/mol. The van der Waals surface area contributed by atoms with Crippen molar-refractivity contribution in [2.24, 2.45) is 5.92 Å². The van der Waals surface area contributed by atoms with Crippen LogP contribution in [0.25, 0.3) is 0 Å². The Morgan fingerprint density at radius 1 is 1.16 bits per heavy atom. The lowest BCUT2D eigenvalue weighted by Gasteiger charge is -2.30. The summed E-state index contributed by atoms with van der Waals surface area (Å²) in [6, 6.07) is 4.83. The number of hydrogen-bond acceptors (Lipinski definition) is 8. The first-order valence-corrected chi connectivity index (χ1v) is 17.0. The lowest BCUT2D eigenvalue weighted by atomic mass is 10.0. The lowest BCUT2D eigenvalue weighted by Crippen LogP contribution is -2.56. The maximum Gasteiger partial charge on any atom is 0.408 e. The van der Waals surface area contributed by atoms with Crippen molar-refractivity contribution < 1.29 is 37.0 Å². The Morgan fingerprint density at radius 2 is 1.89 bits per heavy atom. The summed E-state index contributed by atoms with van der Waals surface area (Å²) in [6.45, 7) is 7.04. The first-order valence-electron chi connectivity index (χ1n) is 15.1. The molecule has 242 valence electrons. The highest BCUT2D eigenvalue weighted by Crippen LogP contribution is 2.46. The third-order valence-corrected chi connectivity index (χ3v) is 9.43. The smallest absolute Gasteiger partial charge is 0.408 e. The van der Waals surface area contributed by atoms with E-state index in [1.165, 1.54) is 4.90 Å². The Hall–Kier alpha value is -2.77. The maximum absolute atomic E-state index is 14.1. The van der Waals surface area contributed by atoms with Crippen molar-refractivity contribution >= 4 is 50.9 Å². The van der Waals surface area contributed by atoms with Crippen LogP contribution in [0, 0.1) is 5.92 Å². The molecule has 2 fully saturated rings. The Labute approximate surface area is 269 Å². The standard InChI is InChI=1S/C31H42BrN3O8S/c1-5-41-28(38)31-18-20(31)11-9-7-6-8-10-12-24(33-29(39)42-30(2,3)4)27(37)35-19-22(17-25(35)26(36)34-31)43-44(40)23-15-13-21(32)14-16-23/h9,11,13-16,20,22,24-25H,5-8,10,12,17-19H2,1-4H3,(H,33,39)(H,34,36). The van der Waals surface area contributed by atoms with Crippen LogP contribution in [0.3, 0.4) is 0 Å². The van der Waals surface area contributed by atoms with Gasteiger partial charge < -0.3 is 25.0 Å². The van der Waals surface area contributed by atoms with Gasteiger partial charge in [0.05, 0.1) is 17.6 Å². The predicted molar refractivity (Wildman–Crippen MR) is 167 cm³/mol. The molecule has 1 aromatic rings. The Morgan fingerprint density at radius 3 is 2.57 bits per heavy atom. The molecule has 3 amide bonds. The number of ether oxygens (including phenoxy) is 2. The molecule has 2 heterocycles. The van der Waals surface area contributed by atoms with Gasteiger partial charge in [-0.2, -0.15) is 0 Å². The average Bonchev–Trinajstić information content (AvgIpc) is 3.48. The number of halogens is 1. The number of amides is 3. The van der Waals surface area contributed by atoms with Gasteiger partial charge in [-0.3, -0.25) is 13.8 Å². The van der Waals surface area contributed by atoms with Gasteiger partial charge in [-0.05, 0) is 77.6 Å². The molecule has 1 aliphatic carbocycles. The van der Waals surface area contributed by atoms with Crippen LogP contribution < -0.4 is 10.6 Å². The van der Waals surface area contributed by atoms with Crippen molar-refractivity contribution in [3.8, 4) is 0 Å². The van der Waals surface area contributed by atoms with Crippen LogP contribution >= 0.6 is 15.9 Å². The molecule has 13 heteroatoms. The van der Waals surface area contributed by atoms with Crippen LogP contribution in [0.1, 0.15) is 72.6 Å². The summed E-state index contributed by atoms with van der Waals surface area (Å²) in [7, 11) is 0. The fraction of sp³-hybridized carbons (Fsp3) is 0.613. The second-order valence-corrected chi connectivity index (χ2v) is 14.5. The highest BCUT2D eigenvalue weighted by molar-refractivity contribution is 9.10. The summed E-state index contributed by atoms with van der Waals surface area (Å²) in [5, 5.41) is 5.62. The van der Waals surface area contributed by atoms with Gasteiger partial charge in [-0.15, -0.1) is 0 Å². The molecule has 3 aliphatic rings. The molecule has 2 N–H and O–H groups in total. The summed E-state index contributed by atoms with van der Waals surface area (Å²) in [5.41, 5.74) is -1.99. The number of carbonyl (C=O) groups excluding carboxylic acids is 4.